The quantitative estimate of drug-likeness (QED) is 0.796. The third-order valence-corrected chi connectivity index (χ3v) is 3.95. The number of nitrogens with zero attached hydrogens (tertiary/aromatic N) is 4. The number of aromatic nitrogens is 4. The lowest BCUT2D eigenvalue weighted by molar-refractivity contribution is 0.110. The Kier molecular flexibility index (Phi) is 5.70. The molecule has 1 aliphatic rings. The second-order valence-electron chi connectivity index (χ2n) is 6.81. The van der Waals surface area contributed by atoms with Crippen LogP contribution in [0.3, 0.4) is 0 Å². The number of ether oxygens (including phenoxy) is 2. The molecule has 136 valence electrons. The molecule has 0 radical (unpaired) electrons. The topological polar surface area (TPSA) is 88.2 Å². The maximum absolute atomic E-state index is 5.96. The largest absolute Gasteiger partial charge is 0.476 e. The minimum Gasteiger partial charge on any atom is -0.476 e. The monoisotopic (exact) mass is 346 g/mol. The van der Waals surface area contributed by atoms with Crippen LogP contribution in [0.1, 0.15) is 26.7 Å². The molecule has 0 atom stereocenters. The predicted octanol–water partition coefficient (Wildman–Crippen LogP) is 2.45. The van der Waals surface area contributed by atoms with Crippen molar-refractivity contribution in [3.05, 3.63) is 18.5 Å². The van der Waals surface area contributed by atoms with E-state index in [1.54, 1.807) is 18.5 Å². The van der Waals surface area contributed by atoms with E-state index in [4.69, 9.17) is 9.47 Å². The van der Waals surface area contributed by atoms with Crippen molar-refractivity contribution < 1.29 is 9.47 Å². The zero-order valence-corrected chi connectivity index (χ0v) is 15.0. The van der Waals surface area contributed by atoms with Crippen molar-refractivity contribution >= 4 is 11.6 Å². The van der Waals surface area contributed by atoms with Crippen LogP contribution in [0, 0.1) is 5.92 Å². The van der Waals surface area contributed by atoms with Gasteiger partial charge in [-0.1, -0.05) is 13.8 Å². The summed E-state index contributed by atoms with van der Waals surface area (Å²) in [5.41, 5.74) is 0. The summed E-state index contributed by atoms with van der Waals surface area (Å²) >= 11 is 0. The van der Waals surface area contributed by atoms with Crippen molar-refractivity contribution in [1.82, 2.24) is 25.1 Å². The Morgan fingerprint density at radius 3 is 2.84 bits per heavy atom. The minimum absolute atomic E-state index is 0.198. The molecule has 3 heterocycles. The molecule has 2 aromatic heterocycles. The van der Waals surface area contributed by atoms with Crippen molar-refractivity contribution in [2.45, 2.75) is 32.8 Å². The molecule has 0 bridgehead atoms. The molecule has 8 nitrogen and oxygen atoms in total. The average Bonchev–Trinajstić information content (AvgIpc) is 3.03. The number of rotatable bonds is 7. The van der Waals surface area contributed by atoms with Gasteiger partial charge in [0.2, 0.25) is 11.8 Å². The van der Waals surface area contributed by atoms with Crippen molar-refractivity contribution in [3.8, 4) is 11.8 Å². The van der Waals surface area contributed by atoms with Crippen molar-refractivity contribution in [2.24, 2.45) is 5.92 Å². The van der Waals surface area contributed by atoms with E-state index in [1.165, 1.54) is 0 Å². The average molecular weight is 346 g/mol. The van der Waals surface area contributed by atoms with E-state index in [2.05, 4.69) is 51.3 Å². The summed E-state index contributed by atoms with van der Waals surface area (Å²) in [5.74, 6) is 2.85. The van der Waals surface area contributed by atoms with E-state index in [-0.39, 0.29) is 6.10 Å². The van der Waals surface area contributed by atoms with Gasteiger partial charge in [-0.25, -0.2) is 0 Å². The highest BCUT2D eigenvalue weighted by Crippen LogP contribution is 2.20. The molecular formula is C17H26N6O2. The standard InChI is InChI=1S/C17H26N6O2/c1-12(2)11-24-16-8-14(21-22-16)19-15-9-18-10-17(20-15)25-13-4-6-23(3)7-5-13/h8-10,12-13H,4-7,11H2,1-3H3,(H2,19,20,21,22). The first-order valence-corrected chi connectivity index (χ1v) is 8.71. The lowest BCUT2D eigenvalue weighted by Crippen LogP contribution is -2.35. The summed E-state index contributed by atoms with van der Waals surface area (Å²) in [4.78, 5) is 11.0. The van der Waals surface area contributed by atoms with E-state index >= 15 is 0 Å². The van der Waals surface area contributed by atoms with Crippen molar-refractivity contribution in [3.63, 3.8) is 0 Å². The Balaban J connectivity index is 1.56. The molecule has 2 aromatic rings. The van der Waals surface area contributed by atoms with E-state index in [9.17, 15) is 0 Å². The second-order valence-corrected chi connectivity index (χ2v) is 6.81. The summed E-state index contributed by atoms with van der Waals surface area (Å²) in [7, 11) is 2.13. The number of nitrogens with one attached hydrogen (secondary N) is 2. The molecule has 0 spiro atoms. The molecule has 1 fully saturated rings. The number of aromatic amines is 1. The number of hydrogen-bond donors (Lipinski definition) is 2. The van der Waals surface area contributed by atoms with E-state index < -0.39 is 0 Å². The molecule has 0 saturated carbocycles. The van der Waals surface area contributed by atoms with Crippen LogP contribution in [-0.4, -0.2) is 57.9 Å². The van der Waals surface area contributed by atoms with Gasteiger partial charge in [0.1, 0.15) is 11.9 Å². The first-order valence-electron chi connectivity index (χ1n) is 8.71. The summed E-state index contributed by atoms with van der Waals surface area (Å²) in [6, 6.07) is 1.80. The molecule has 0 unspecified atom stereocenters. The Hall–Kier alpha value is -2.35. The normalized spacial score (nSPS) is 16.2. The van der Waals surface area contributed by atoms with Crippen molar-refractivity contribution in [2.75, 3.05) is 32.1 Å². The van der Waals surface area contributed by atoms with Gasteiger partial charge in [-0.05, 0) is 25.8 Å². The fourth-order valence-electron chi connectivity index (χ4n) is 2.57. The molecule has 0 amide bonds. The fraction of sp³-hybridized carbons (Fsp3) is 0.588. The highest BCUT2D eigenvalue weighted by atomic mass is 16.5. The van der Waals surface area contributed by atoms with Gasteiger partial charge in [0.15, 0.2) is 5.82 Å². The third kappa shape index (κ3) is 5.32. The smallest absolute Gasteiger partial charge is 0.234 e. The first-order chi connectivity index (χ1) is 12.1. The fourth-order valence-corrected chi connectivity index (χ4v) is 2.57. The molecule has 1 saturated heterocycles. The molecule has 2 N–H and O–H groups in total. The Morgan fingerprint density at radius 1 is 1.28 bits per heavy atom. The maximum atomic E-state index is 5.96. The first kappa shape index (κ1) is 17.5. The molecule has 1 aliphatic heterocycles. The number of anilines is 2. The number of likely N-dealkylation sites (tertiary alicyclic amines) is 1. The van der Waals surface area contributed by atoms with Gasteiger partial charge < -0.3 is 19.7 Å². The number of piperidine rings is 1. The van der Waals surface area contributed by atoms with Crippen LogP contribution in [0.5, 0.6) is 11.8 Å². The summed E-state index contributed by atoms with van der Waals surface area (Å²) in [6.07, 6.45) is 5.51. The lowest BCUT2D eigenvalue weighted by atomic mass is 10.1. The van der Waals surface area contributed by atoms with E-state index in [0.29, 0.717) is 35.9 Å². The zero-order chi connectivity index (χ0) is 17.6. The van der Waals surface area contributed by atoms with Crippen molar-refractivity contribution in [1.29, 1.82) is 0 Å². The Bertz CT molecular complexity index is 667. The van der Waals surface area contributed by atoms with Crippen LogP contribution in [0.2, 0.25) is 0 Å². The highest BCUT2D eigenvalue weighted by Gasteiger charge is 2.18. The lowest BCUT2D eigenvalue weighted by Gasteiger charge is -2.28. The van der Waals surface area contributed by atoms with Crippen LogP contribution in [0.4, 0.5) is 11.6 Å². The predicted molar refractivity (Wildman–Crippen MR) is 95.4 cm³/mol. The van der Waals surface area contributed by atoms with Crippen LogP contribution in [0.25, 0.3) is 0 Å². The Morgan fingerprint density at radius 2 is 2.08 bits per heavy atom. The Labute approximate surface area is 148 Å². The maximum Gasteiger partial charge on any atom is 0.234 e. The van der Waals surface area contributed by atoms with Gasteiger partial charge in [0.05, 0.1) is 19.0 Å². The summed E-state index contributed by atoms with van der Waals surface area (Å²) in [5, 5.41) is 10.1. The van der Waals surface area contributed by atoms with Gasteiger partial charge in [-0.3, -0.25) is 10.1 Å². The van der Waals surface area contributed by atoms with Gasteiger partial charge >= 0.3 is 0 Å². The molecule has 0 aliphatic carbocycles. The van der Waals surface area contributed by atoms with E-state index in [0.717, 1.165) is 25.9 Å². The summed E-state index contributed by atoms with van der Waals surface area (Å²) in [6.45, 7) is 6.91. The number of hydrogen-bond acceptors (Lipinski definition) is 7. The van der Waals surface area contributed by atoms with Gasteiger partial charge in [-0.15, -0.1) is 5.10 Å². The summed E-state index contributed by atoms with van der Waals surface area (Å²) < 4.78 is 11.5. The van der Waals surface area contributed by atoms with Crippen LogP contribution < -0.4 is 14.8 Å². The van der Waals surface area contributed by atoms with Crippen LogP contribution in [0.15, 0.2) is 18.5 Å². The molecule has 0 aromatic carbocycles. The SMILES string of the molecule is CC(C)COc1cc(Nc2cncc(OC3CCN(C)CC3)n2)[nH]n1. The minimum atomic E-state index is 0.198. The molecule has 8 heteroatoms. The molecule has 3 rings (SSSR count). The molecule has 25 heavy (non-hydrogen) atoms. The number of H-pyrrole nitrogens is 1. The molecular weight excluding hydrogens is 320 g/mol. The van der Waals surface area contributed by atoms with E-state index in [1.807, 2.05) is 0 Å². The second kappa shape index (κ2) is 8.15. The highest BCUT2D eigenvalue weighted by molar-refractivity contribution is 5.51. The van der Waals surface area contributed by atoms with Gasteiger partial charge in [0.25, 0.3) is 0 Å². The van der Waals surface area contributed by atoms with Crippen LogP contribution >= 0.6 is 0 Å². The third-order valence-electron chi connectivity index (χ3n) is 3.95. The van der Waals surface area contributed by atoms with Crippen LogP contribution in [-0.2, 0) is 0 Å². The van der Waals surface area contributed by atoms with Gasteiger partial charge in [-0.2, -0.15) is 4.98 Å². The van der Waals surface area contributed by atoms with Gasteiger partial charge in [0, 0.05) is 19.2 Å². The zero-order valence-electron chi connectivity index (χ0n) is 15.0.